The van der Waals surface area contributed by atoms with Gasteiger partial charge in [0.1, 0.15) is 5.02 Å². The maximum absolute atomic E-state index is 12.6. The molecule has 1 rings (SSSR count). The van der Waals surface area contributed by atoms with Crippen molar-refractivity contribution in [3.63, 3.8) is 0 Å². The quantitative estimate of drug-likeness (QED) is 0.216. The molecule has 1 aromatic rings. The third-order valence-corrected chi connectivity index (χ3v) is 2.03. The van der Waals surface area contributed by atoms with Gasteiger partial charge in [-0.25, -0.2) is 8.78 Å². The zero-order valence-electron chi connectivity index (χ0n) is 7.57. The van der Waals surface area contributed by atoms with Crippen LogP contribution in [-0.2, 0) is 0 Å². The predicted octanol–water partition coefficient (Wildman–Crippen LogP) is 5.06. The van der Waals surface area contributed by atoms with Gasteiger partial charge in [-0.2, -0.15) is 0 Å². The van der Waals surface area contributed by atoms with Gasteiger partial charge in [0.15, 0.2) is 21.6 Å². The Hall–Kier alpha value is -1.14. The van der Waals surface area contributed by atoms with Gasteiger partial charge in [-0.15, -0.1) is 0 Å². The van der Waals surface area contributed by atoms with Crippen molar-refractivity contribution in [2.24, 2.45) is 0 Å². The van der Waals surface area contributed by atoms with Gasteiger partial charge in [-0.1, -0.05) is 23.2 Å². The van der Waals surface area contributed by atoms with E-state index in [2.05, 4.69) is 4.98 Å². The highest BCUT2D eigenvalue weighted by Crippen LogP contribution is 2.35. The standard InChI is InChI=1S/C6HCl2F2N2.BF4/c7-4-3(12-11)1-2(9)6(10)5(4)8;2-1(3,4)5/h1H;/q+1;-1. The van der Waals surface area contributed by atoms with E-state index in [0.29, 0.717) is 6.07 Å². The summed E-state index contributed by atoms with van der Waals surface area (Å²) in [5.41, 5.74) is -0.305. The summed E-state index contributed by atoms with van der Waals surface area (Å²) in [5.74, 6) is -2.47. The van der Waals surface area contributed by atoms with Gasteiger partial charge >= 0.3 is 12.9 Å². The fraction of sp³-hybridized carbons (Fsp3) is 0. The third-order valence-electron chi connectivity index (χ3n) is 1.19. The first kappa shape index (κ1) is 15.9. The molecule has 1 aromatic carbocycles. The number of halogens is 8. The molecule has 0 saturated carbocycles. The molecule has 0 heterocycles. The Kier molecular flexibility index (Phi) is 5.58. The van der Waals surface area contributed by atoms with Gasteiger partial charge in [0.05, 0.1) is 6.07 Å². The maximum Gasteiger partial charge on any atom is 0.673 e. The van der Waals surface area contributed by atoms with E-state index in [1.54, 1.807) is 0 Å². The van der Waals surface area contributed by atoms with E-state index < -0.39 is 23.9 Å². The molecule has 0 amide bonds. The van der Waals surface area contributed by atoms with E-state index in [1.165, 1.54) is 0 Å². The van der Waals surface area contributed by atoms with Crippen molar-refractivity contribution < 1.29 is 26.0 Å². The molecule has 0 atom stereocenters. The summed E-state index contributed by atoms with van der Waals surface area (Å²) in [5, 5.41) is 7.34. The average Bonchev–Trinajstić information content (AvgIpc) is 2.18. The van der Waals surface area contributed by atoms with E-state index in [9.17, 15) is 26.0 Å². The Morgan fingerprint density at radius 3 is 1.82 bits per heavy atom. The summed E-state index contributed by atoms with van der Waals surface area (Å²) in [4.78, 5) is 2.61. The first-order valence-corrected chi connectivity index (χ1v) is 4.39. The lowest BCUT2D eigenvalue weighted by atomic mass is 10.3. The van der Waals surface area contributed by atoms with Gasteiger partial charge in [0.2, 0.25) is 5.39 Å². The molecule has 0 saturated heterocycles. The van der Waals surface area contributed by atoms with Gasteiger partial charge in [-0.3, -0.25) is 0 Å². The predicted molar refractivity (Wildman–Crippen MR) is 51.3 cm³/mol. The van der Waals surface area contributed by atoms with Crippen molar-refractivity contribution in [2.75, 3.05) is 0 Å². The molecular weight excluding hydrogens is 296 g/mol. The number of hydrogen-bond donors (Lipinski definition) is 0. The van der Waals surface area contributed by atoms with Crippen LogP contribution < -0.4 is 0 Å². The number of benzene rings is 1. The molecule has 0 aliphatic heterocycles. The molecule has 0 spiro atoms. The highest BCUT2D eigenvalue weighted by Gasteiger charge is 2.23. The van der Waals surface area contributed by atoms with Crippen molar-refractivity contribution in [2.45, 2.75) is 0 Å². The van der Waals surface area contributed by atoms with Crippen LogP contribution in [0.4, 0.5) is 31.7 Å². The summed E-state index contributed by atoms with van der Waals surface area (Å²) < 4.78 is 64.1. The van der Waals surface area contributed by atoms with Crippen molar-refractivity contribution in [3.05, 3.63) is 32.7 Å². The highest BCUT2D eigenvalue weighted by atomic mass is 35.5. The molecule has 94 valence electrons. The number of diazo groups is 1. The van der Waals surface area contributed by atoms with Gasteiger partial charge < -0.3 is 17.3 Å². The molecule has 0 aromatic heterocycles. The molecule has 0 aliphatic rings. The molecular formula is C6HBCl2F6N2. The van der Waals surface area contributed by atoms with Crippen LogP contribution in [0.1, 0.15) is 0 Å². The zero-order valence-corrected chi connectivity index (χ0v) is 9.08. The molecule has 0 unspecified atom stereocenters. The molecule has 0 bridgehead atoms. The first-order chi connectivity index (χ1) is 7.57. The van der Waals surface area contributed by atoms with Crippen LogP contribution in [0, 0.1) is 17.0 Å². The lowest BCUT2D eigenvalue weighted by molar-refractivity contribution is 0.368. The second-order valence-corrected chi connectivity index (χ2v) is 3.17. The van der Waals surface area contributed by atoms with E-state index in [4.69, 9.17) is 28.6 Å². The monoisotopic (exact) mass is 296 g/mol. The van der Waals surface area contributed by atoms with Crippen LogP contribution in [-0.4, -0.2) is 7.25 Å². The van der Waals surface area contributed by atoms with E-state index in [0.717, 1.165) is 0 Å². The normalized spacial score (nSPS) is 10.3. The van der Waals surface area contributed by atoms with Crippen LogP contribution in [0.5, 0.6) is 0 Å². The van der Waals surface area contributed by atoms with Crippen LogP contribution >= 0.6 is 23.2 Å². The largest absolute Gasteiger partial charge is 0.673 e. The van der Waals surface area contributed by atoms with Gasteiger partial charge in [0, 0.05) is 0 Å². The molecule has 0 N–H and O–H groups in total. The molecule has 11 heteroatoms. The topological polar surface area (TPSA) is 28.1 Å². The maximum atomic E-state index is 12.6. The lowest BCUT2D eigenvalue weighted by Gasteiger charge is -1.94. The Bertz CT molecular complexity index is 451. The summed E-state index contributed by atoms with van der Waals surface area (Å²) >= 11 is 10.6. The van der Waals surface area contributed by atoms with Crippen LogP contribution in [0.25, 0.3) is 4.98 Å². The minimum atomic E-state index is -6.00. The van der Waals surface area contributed by atoms with E-state index in [1.807, 2.05) is 0 Å². The molecule has 0 radical (unpaired) electrons. The van der Waals surface area contributed by atoms with Gasteiger partial charge in [-0.05, 0) is 0 Å². The Balaban J connectivity index is 0.000000437. The minimum Gasteiger partial charge on any atom is -0.418 e. The number of rotatable bonds is 0. The van der Waals surface area contributed by atoms with Crippen LogP contribution in [0.3, 0.4) is 0 Å². The van der Waals surface area contributed by atoms with Crippen molar-refractivity contribution in [3.8, 4) is 0 Å². The second kappa shape index (κ2) is 5.98. The van der Waals surface area contributed by atoms with Crippen LogP contribution in [0.15, 0.2) is 6.07 Å². The molecule has 0 aliphatic carbocycles. The van der Waals surface area contributed by atoms with E-state index in [-0.39, 0.29) is 10.7 Å². The zero-order chi connectivity index (χ0) is 13.8. The lowest BCUT2D eigenvalue weighted by Crippen LogP contribution is -2.02. The Labute approximate surface area is 101 Å². The van der Waals surface area contributed by atoms with Crippen molar-refractivity contribution >= 4 is 36.1 Å². The number of nitrogens with zero attached hydrogens (tertiary/aromatic N) is 2. The smallest absolute Gasteiger partial charge is 0.418 e. The summed E-state index contributed by atoms with van der Waals surface area (Å²) in [6.45, 7) is 0. The van der Waals surface area contributed by atoms with Crippen molar-refractivity contribution in [1.29, 1.82) is 5.39 Å². The Morgan fingerprint density at radius 2 is 1.47 bits per heavy atom. The summed E-state index contributed by atoms with van der Waals surface area (Å²) in [6.07, 6.45) is 0. The van der Waals surface area contributed by atoms with Crippen LogP contribution in [0.2, 0.25) is 10.0 Å². The SMILES string of the molecule is F[B-](F)(F)F.N#[N+]c1cc(F)c(F)c(Cl)c1Cl. The van der Waals surface area contributed by atoms with Crippen molar-refractivity contribution in [1.82, 2.24) is 0 Å². The highest BCUT2D eigenvalue weighted by molar-refractivity contribution is 6.50. The summed E-state index contributed by atoms with van der Waals surface area (Å²) in [6, 6.07) is 0.642. The van der Waals surface area contributed by atoms with Gasteiger partial charge in [0.25, 0.3) is 0 Å². The summed E-state index contributed by atoms with van der Waals surface area (Å²) in [7, 11) is -6.00. The number of hydrogen-bond acceptors (Lipinski definition) is 1. The molecule has 17 heavy (non-hydrogen) atoms. The molecule has 0 fully saturated rings. The fourth-order valence-electron chi connectivity index (χ4n) is 0.633. The first-order valence-electron chi connectivity index (χ1n) is 3.63. The fourth-order valence-corrected chi connectivity index (χ4v) is 0.996. The molecule has 2 nitrogen and oxygen atoms in total. The second-order valence-electron chi connectivity index (χ2n) is 2.41. The Morgan fingerprint density at radius 1 is 1.06 bits per heavy atom. The van der Waals surface area contributed by atoms with E-state index >= 15 is 0 Å². The third kappa shape index (κ3) is 5.65. The minimum absolute atomic E-state index is 0.305. The average molecular weight is 297 g/mol.